The number of aromatic nitrogens is 4. The highest BCUT2D eigenvalue weighted by atomic mass is 15.2. The van der Waals surface area contributed by atoms with E-state index in [0.717, 1.165) is 74.1 Å². The summed E-state index contributed by atoms with van der Waals surface area (Å²) in [6.45, 7) is 4.76. The first-order chi connectivity index (χ1) is 30.7. The van der Waals surface area contributed by atoms with Crippen molar-refractivity contribution in [2.45, 2.75) is 12.8 Å². The molecule has 8 aromatic carbocycles. The summed E-state index contributed by atoms with van der Waals surface area (Å²) in [6, 6.07) is 71.4. The summed E-state index contributed by atoms with van der Waals surface area (Å²) in [5, 5.41) is 4.61. The lowest BCUT2D eigenvalue weighted by molar-refractivity contribution is 0.955. The molecule has 0 radical (unpaired) electrons. The lowest BCUT2D eigenvalue weighted by Crippen LogP contribution is -2.04. The summed E-state index contributed by atoms with van der Waals surface area (Å²) in [6.07, 6.45) is 4.22. The number of hydrogen-bond donors (Lipinski definition) is 0. The Bertz CT molecular complexity index is 3590. The van der Waals surface area contributed by atoms with E-state index in [1.54, 1.807) is 0 Å². The number of allylic oxidation sites excluding steroid dienone is 2. The lowest BCUT2D eigenvalue weighted by Gasteiger charge is -2.21. The molecule has 1 aliphatic rings. The van der Waals surface area contributed by atoms with E-state index in [2.05, 4.69) is 203 Å². The Morgan fingerprint density at radius 1 is 0.484 bits per heavy atom. The molecule has 292 valence electrons. The molecule has 0 unspecified atom stereocenters. The monoisotopic (exact) mass is 792 g/mol. The summed E-state index contributed by atoms with van der Waals surface area (Å²) in [5.41, 5.74) is 18.2. The van der Waals surface area contributed by atoms with Crippen molar-refractivity contribution in [1.82, 2.24) is 19.1 Å². The van der Waals surface area contributed by atoms with Gasteiger partial charge in [-0.1, -0.05) is 170 Å². The van der Waals surface area contributed by atoms with E-state index in [0.29, 0.717) is 5.95 Å². The van der Waals surface area contributed by atoms with Crippen LogP contribution in [0.2, 0.25) is 0 Å². The van der Waals surface area contributed by atoms with Crippen LogP contribution >= 0.6 is 0 Å². The van der Waals surface area contributed by atoms with Gasteiger partial charge in [-0.25, -0.2) is 9.97 Å². The third-order valence-electron chi connectivity index (χ3n) is 12.6. The van der Waals surface area contributed by atoms with Gasteiger partial charge in [0.15, 0.2) is 0 Å². The number of hydrogen-bond acceptors (Lipinski definition) is 2. The minimum Gasteiger partial charge on any atom is -0.309 e. The molecule has 1 aliphatic carbocycles. The van der Waals surface area contributed by atoms with Gasteiger partial charge >= 0.3 is 0 Å². The maximum Gasteiger partial charge on any atom is 0.235 e. The van der Waals surface area contributed by atoms with Crippen LogP contribution in [0.15, 0.2) is 212 Å². The molecule has 0 atom stereocenters. The zero-order valence-corrected chi connectivity index (χ0v) is 34.0. The average Bonchev–Trinajstić information content (AvgIpc) is 3.90. The first kappa shape index (κ1) is 35.8. The second-order valence-corrected chi connectivity index (χ2v) is 16.2. The van der Waals surface area contributed by atoms with Gasteiger partial charge in [-0.05, 0) is 94.3 Å². The van der Waals surface area contributed by atoms with Crippen LogP contribution in [0.3, 0.4) is 0 Å². The molecule has 0 N–H and O–H groups in total. The lowest BCUT2D eigenvalue weighted by atomic mass is 9.84. The van der Waals surface area contributed by atoms with Crippen LogP contribution in [-0.2, 0) is 6.42 Å². The fraction of sp³-hybridized carbons (Fsp3) is 0.0345. The van der Waals surface area contributed by atoms with Crippen LogP contribution < -0.4 is 0 Å². The molecule has 0 saturated carbocycles. The van der Waals surface area contributed by atoms with E-state index >= 15 is 0 Å². The Hall–Kier alpha value is -8.08. The minimum atomic E-state index is 0.664. The molecule has 3 heterocycles. The van der Waals surface area contributed by atoms with Crippen molar-refractivity contribution in [3.8, 4) is 45.3 Å². The second kappa shape index (κ2) is 14.6. The van der Waals surface area contributed by atoms with E-state index in [9.17, 15) is 0 Å². The topological polar surface area (TPSA) is 35.6 Å². The molecule has 0 saturated heterocycles. The maximum absolute atomic E-state index is 5.30. The van der Waals surface area contributed by atoms with Crippen LogP contribution in [-0.4, -0.2) is 19.1 Å². The van der Waals surface area contributed by atoms with Crippen molar-refractivity contribution < 1.29 is 0 Å². The summed E-state index contributed by atoms with van der Waals surface area (Å²) in [4.78, 5) is 10.5. The predicted molar refractivity (Wildman–Crippen MR) is 259 cm³/mol. The summed E-state index contributed by atoms with van der Waals surface area (Å²) in [7, 11) is 0. The average molecular weight is 793 g/mol. The molecule has 11 aromatic rings. The number of para-hydroxylation sites is 4. The maximum atomic E-state index is 5.30. The molecule has 3 aromatic heterocycles. The van der Waals surface area contributed by atoms with E-state index in [4.69, 9.17) is 16.5 Å². The van der Waals surface area contributed by atoms with Gasteiger partial charge in [0.2, 0.25) is 5.95 Å². The largest absolute Gasteiger partial charge is 0.309 e. The van der Waals surface area contributed by atoms with E-state index in [1.165, 1.54) is 49.5 Å². The summed E-state index contributed by atoms with van der Waals surface area (Å²) in [5.74, 6) is 0.664. The van der Waals surface area contributed by atoms with Crippen LogP contribution in [0.1, 0.15) is 23.1 Å². The SMILES string of the molecule is C=C(C1=Cc2ccc(-c3ccc4c5ccccc5n(-c5nc(-c6ccccc6)c6ccccc6n5)c4c3)cc2CC1)c1ccccc1-c1cc2ccccc2n1-c1ccccc1. The Labute approximate surface area is 360 Å². The first-order valence-electron chi connectivity index (χ1n) is 21.3. The van der Waals surface area contributed by atoms with Crippen molar-refractivity contribution >= 4 is 55.3 Å². The Morgan fingerprint density at radius 3 is 2.03 bits per heavy atom. The fourth-order valence-electron chi connectivity index (χ4n) is 9.61. The molecule has 0 fully saturated rings. The molecule has 12 rings (SSSR count). The smallest absolute Gasteiger partial charge is 0.235 e. The standard InChI is InChI=1S/C58H40N4/c1-38(47-21-9-10-22-48(47)55-37-45-18-8-14-26-53(45)61(55)46-19-6-3-7-20-46)40-28-29-42-35-43(31-30-41(42)34-40)44-32-33-50-49-23-12-15-27-54(49)62(56(50)36-44)58-59-52-25-13-11-24-51(52)57(60-58)39-16-4-2-5-17-39/h2-27,30-37H,1,28-29H2. The Balaban J connectivity index is 0.924. The number of aryl methyl sites for hydroxylation is 1. The van der Waals surface area contributed by atoms with Gasteiger partial charge in [-0.15, -0.1) is 0 Å². The Kier molecular flexibility index (Phi) is 8.42. The number of benzene rings is 8. The molecule has 4 heteroatoms. The third-order valence-corrected chi connectivity index (χ3v) is 12.6. The quantitative estimate of drug-likeness (QED) is 0.161. The van der Waals surface area contributed by atoms with Crippen LogP contribution in [0.4, 0.5) is 0 Å². The zero-order valence-electron chi connectivity index (χ0n) is 34.0. The van der Waals surface area contributed by atoms with E-state index in [-0.39, 0.29) is 0 Å². The predicted octanol–water partition coefficient (Wildman–Crippen LogP) is 14.7. The second-order valence-electron chi connectivity index (χ2n) is 16.2. The highest BCUT2D eigenvalue weighted by molar-refractivity contribution is 6.10. The minimum absolute atomic E-state index is 0.664. The molecule has 0 aliphatic heterocycles. The fourth-order valence-corrected chi connectivity index (χ4v) is 9.61. The molecule has 0 bridgehead atoms. The van der Waals surface area contributed by atoms with Crippen molar-refractivity contribution in [3.05, 3.63) is 229 Å². The van der Waals surface area contributed by atoms with Gasteiger partial charge in [0.05, 0.1) is 33.5 Å². The molecule has 4 nitrogen and oxygen atoms in total. The van der Waals surface area contributed by atoms with Crippen LogP contribution in [0, 0.1) is 0 Å². The molecule has 0 amide bonds. The van der Waals surface area contributed by atoms with Crippen molar-refractivity contribution in [2.24, 2.45) is 0 Å². The van der Waals surface area contributed by atoms with Gasteiger partial charge in [0.25, 0.3) is 0 Å². The van der Waals surface area contributed by atoms with Gasteiger partial charge in [-0.2, -0.15) is 0 Å². The van der Waals surface area contributed by atoms with Gasteiger partial charge in [-0.3, -0.25) is 4.57 Å². The van der Waals surface area contributed by atoms with Crippen molar-refractivity contribution in [2.75, 3.05) is 0 Å². The Morgan fingerprint density at radius 2 is 1.16 bits per heavy atom. The summed E-state index contributed by atoms with van der Waals surface area (Å²) >= 11 is 0. The van der Waals surface area contributed by atoms with Gasteiger partial charge in [0, 0.05) is 38.4 Å². The first-order valence-corrected chi connectivity index (χ1v) is 21.3. The van der Waals surface area contributed by atoms with Crippen LogP contribution in [0.25, 0.3) is 101 Å². The van der Waals surface area contributed by atoms with Gasteiger partial charge in [0.1, 0.15) is 0 Å². The molecule has 0 spiro atoms. The van der Waals surface area contributed by atoms with E-state index < -0.39 is 0 Å². The van der Waals surface area contributed by atoms with Crippen molar-refractivity contribution in [1.29, 1.82) is 0 Å². The highest BCUT2D eigenvalue weighted by Crippen LogP contribution is 2.41. The zero-order chi connectivity index (χ0) is 41.1. The molecular formula is C58H40N4. The third kappa shape index (κ3) is 5.91. The van der Waals surface area contributed by atoms with Gasteiger partial charge < -0.3 is 4.57 Å². The number of rotatable bonds is 7. The summed E-state index contributed by atoms with van der Waals surface area (Å²) < 4.78 is 4.62. The van der Waals surface area contributed by atoms with Crippen LogP contribution in [0.5, 0.6) is 0 Å². The van der Waals surface area contributed by atoms with E-state index in [1.807, 2.05) is 12.1 Å². The van der Waals surface area contributed by atoms with Crippen molar-refractivity contribution in [3.63, 3.8) is 0 Å². The number of nitrogens with zero attached hydrogens (tertiary/aromatic N) is 4. The molecular weight excluding hydrogens is 753 g/mol. The normalized spacial score (nSPS) is 12.5. The molecule has 62 heavy (non-hydrogen) atoms. The highest BCUT2D eigenvalue weighted by Gasteiger charge is 2.22. The number of fused-ring (bicyclic) bond motifs is 6.